The summed E-state index contributed by atoms with van der Waals surface area (Å²) in [6.45, 7) is 2.35. The summed E-state index contributed by atoms with van der Waals surface area (Å²) in [6.07, 6.45) is 16.8. The van der Waals surface area contributed by atoms with E-state index in [4.69, 9.17) is 0 Å². The van der Waals surface area contributed by atoms with E-state index in [-0.39, 0.29) is 0 Å². The van der Waals surface area contributed by atoms with Crippen LogP contribution in [0.4, 0.5) is 0 Å². The molecule has 0 nitrogen and oxygen atoms in total. The highest BCUT2D eigenvalue weighted by molar-refractivity contribution is 4.80. The number of fused-ring (bicyclic) bond motifs is 7. The van der Waals surface area contributed by atoms with Gasteiger partial charge in [-0.3, -0.25) is 0 Å². The van der Waals surface area contributed by atoms with Gasteiger partial charge in [-0.25, -0.2) is 0 Å². The van der Waals surface area contributed by atoms with E-state index < -0.39 is 0 Å². The fourth-order valence-electron chi connectivity index (χ4n) is 3.70. The van der Waals surface area contributed by atoms with E-state index in [1.54, 1.807) is 32.1 Å². The lowest BCUT2D eigenvalue weighted by Crippen LogP contribution is -2.23. The maximum atomic E-state index is 2.35. The van der Waals surface area contributed by atoms with E-state index >= 15 is 0 Å². The van der Waals surface area contributed by atoms with Crippen molar-refractivity contribution in [3.8, 4) is 0 Å². The van der Waals surface area contributed by atoms with Gasteiger partial charge in [0.25, 0.3) is 0 Å². The summed E-state index contributed by atoms with van der Waals surface area (Å²) in [5.41, 5.74) is 0. The molecule has 3 aliphatic carbocycles. The predicted octanol–water partition coefficient (Wildman–Crippen LogP) is 5.17. The molecule has 3 saturated carbocycles. The first kappa shape index (κ1) is 11.5. The van der Waals surface area contributed by atoms with E-state index in [1.165, 1.54) is 38.5 Å². The molecule has 0 aromatic carbocycles. The van der Waals surface area contributed by atoms with Crippen LogP contribution in [0.15, 0.2) is 0 Å². The van der Waals surface area contributed by atoms with E-state index in [9.17, 15) is 0 Å². The first-order valence-corrected chi connectivity index (χ1v) is 7.38. The van der Waals surface area contributed by atoms with Crippen LogP contribution in [0.1, 0.15) is 77.6 Å². The molecule has 3 aliphatic rings. The Morgan fingerprint density at radius 2 is 1.53 bits per heavy atom. The van der Waals surface area contributed by atoms with Crippen molar-refractivity contribution >= 4 is 0 Å². The first-order valence-electron chi connectivity index (χ1n) is 7.38. The van der Waals surface area contributed by atoms with Crippen LogP contribution in [0.5, 0.6) is 0 Å². The fourth-order valence-corrected chi connectivity index (χ4v) is 3.70. The number of hydrogen-bond donors (Lipinski definition) is 0. The standard InChI is InChI=1S/C15H28/c1-2-6-13-7-4-3-5-8-14-11-15(12-14)10-9-13/h13-15H,2-12H2,1H3. The van der Waals surface area contributed by atoms with Crippen LogP contribution in [-0.4, -0.2) is 0 Å². The van der Waals surface area contributed by atoms with Gasteiger partial charge in [-0.05, 0) is 30.6 Å². The Bertz CT molecular complexity index is 167. The summed E-state index contributed by atoms with van der Waals surface area (Å²) < 4.78 is 0. The Morgan fingerprint density at radius 1 is 0.800 bits per heavy atom. The lowest BCUT2D eigenvalue weighted by Gasteiger charge is -2.36. The van der Waals surface area contributed by atoms with Crippen molar-refractivity contribution in [2.24, 2.45) is 17.8 Å². The van der Waals surface area contributed by atoms with Crippen LogP contribution >= 0.6 is 0 Å². The van der Waals surface area contributed by atoms with Gasteiger partial charge in [0, 0.05) is 0 Å². The summed E-state index contributed by atoms with van der Waals surface area (Å²) in [4.78, 5) is 0. The van der Waals surface area contributed by atoms with Crippen molar-refractivity contribution in [2.45, 2.75) is 77.6 Å². The summed E-state index contributed by atoms with van der Waals surface area (Å²) in [5, 5.41) is 0. The van der Waals surface area contributed by atoms with Gasteiger partial charge in [0.1, 0.15) is 0 Å². The monoisotopic (exact) mass is 208 g/mol. The first-order chi connectivity index (χ1) is 7.38. The zero-order valence-electron chi connectivity index (χ0n) is 10.5. The SMILES string of the molecule is CCCC1CCCCCC2CC(CC1)C2. The summed E-state index contributed by atoms with van der Waals surface area (Å²) in [5.74, 6) is 3.34. The molecule has 0 amide bonds. The number of hydrogen-bond acceptors (Lipinski definition) is 0. The second kappa shape index (κ2) is 5.92. The van der Waals surface area contributed by atoms with Crippen molar-refractivity contribution in [1.82, 2.24) is 0 Å². The van der Waals surface area contributed by atoms with Gasteiger partial charge >= 0.3 is 0 Å². The third-order valence-electron chi connectivity index (χ3n) is 4.74. The van der Waals surface area contributed by atoms with E-state index in [2.05, 4.69) is 6.92 Å². The highest BCUT2D eigenvalue weighted by atomic mass is 14.3. The molecule has 0 spiro atoms. The normalized spacial score (nSPS) is 37.8. The molecule has 0 radical (unpaired) electrons. The Balaban J connectivity index is 1.77. The van der Waals surface area contributed by atoms with E-state index in [1.807, 2.05) is 0 Å². The number of rotatable bonds is 2. The fraction of sp³-hybridized carbons (Fsp3) is 1.00. The van der Waals surface area contributed by atoms with E-state index in [0.717, 1.165) is 17.8 Å². The predicted molar refractivity (Wildman–Crippen MR) is 66.9 cm³/mol. The maximum absolute atomic E-state index is 2.35. The molecule has 0 aromatic rings. The molecule has 0 heteroatoms. The van der Waals surface area contributed by atoms with Gasteiger partial charge in [-0.15, -0.1) is 0 Å². The Kier molecular flexibility index (Phi) is 4.53. The average molecular weight is 208 g/mol. The average Bonchev–Trinajstić information content (AvgIpc) is 2.23. The molecule has 0 N–H and O–H groups in total. The third kappa shape index (κ3) is 3.50. The van der Waals surface area contributed by atoms with Crippen LogP contribution in [0.25, 0.3) is 0 Å². The molecule has 3 rings (SSSR count). The van der Waals surface area contributed by atoms with Crippen LogP contribution in [-0.2, 0) is 0 Å². The van der Waals surface area contributed by atoms with Gasteiger partial charge in [-0.2, -0.15) is 0 Å². The minimum absolute atomic E-state index is 1.08. The minimum Gasteiger partial charge on any atom is -0.0654 e. The molecular weight excluding hydrogens is 180 g/mol. The highest BCUT2D eigenvalue weighted by Gasteiger charge is 2.29. The molecule has 0 heterocycles. The lowest BCUT2D eigenvalue weighted by atomic mass is 9.70. The zero-order chi connectivity index (χ0) is 10.5. The van der Waals surface area contributed by atoms with Crippen molar-refractivity contribution in [3.05, 3.63) is 0 Å². The molecule has 2 bridgehead atoms. The third-order valence-corrected chi connectivity index (χ3v) is 4.74. The zero-order valence-corrected chi connectivity index (χ0v) is 10.5. The molecule has 0 saturated heterocycles. The smallest absolute Gasteiger partial charge is 0.0409 e. The molecule has 1 atom stereocenters. The summed E-state index contributed by atoms with van der Waals surface area (Å²) in [6, 6.07) is 0. The largest absolute Gasteiger partial charge is 0.0654 e. The summed E-state index contributed by atoms with van der Waals surface area (Å²) in [7, 11) is 0. The second-order valence-corrected chi connectivity index (χ2v) is 6.07. The van der Waals surface area contributed by atoms with Gasteiger partial charge in [0.05, 0.1) is 0 Å². The second-order valence-electron chi connectivity index (χ2n) is 6.07. The molecule has 0 aromatic heterocycles. The van der Waals surface area contributed by atoms with Crippen molar-refractivity contribution in [2.75, 3.05) is 0 Å². The molecule has 15 heavy (non-hydrogen) atoms. The van der Waals surface area contributed by atoms with Crippen molar-refractivity contribution < 1.29 is 0 Å². The van der Waals surface area contributed by atoms with Crippen LogP contribution < -0.4 is 0 Å². The highest BCUT2D eigenvalue weighted by Crippen LogP contribution is 2.41. The van der Waals surface area contributed by atoms with Gasteiger partial charge in [-0.1, -0.05) is 64.7 Å². The van der Waals surface area contributed by atoms with Crippen LogP contribution in [0.3, 0.4) is 0 Å². The lowest BCUT2D eigenvalue weighted by molar-refractivity contribution is 0.160. The topological polar surface area (TPSA) is 0 Å². The molecular formula is C15H28. The quantitative estimate of drug-likeness (QED) is 0.587. The molecule has 1 unspecified atom stereocenters. The molecule has 88 valence electrons. The van der Waals surface area contributed by atoms with Gasteiger partial charge in [0.15, 0.2) is 0 Å². The Hall–Kier alpha value is 0. The van der Waals surface area contributed by atoms with Gasteiger partial charge in [0.2, 0.25) is 0 Å². The Morgan fingerprint density at radius 3 is 2.33 bits per heavy atom. The van der Waals surface area contributed by atoms with E-state index in [0.29, 0.717) is 0 Å². The van der Waals surface area contributed by atoms with Crippen molar-refractivity contribution in [3.63, 3.8) is 0 Å². The summed E-state index contributed by atoms with van der Waals surface area (Å²) >= 11 is 0. The molecule has 3 fully saturated rings. The minimum atomic E-state index is 1.08. The Labute approximate surface area is 95.8 Å². The van der Waals surface area contributed by atoms with Crippen molar-refractivity contribution in [1.29, 1.82) is 0 Å². The van der Waals surface area contributed by atoms with Gasteiger partial charge < -0.3 is 0 Å². The van der Waals surface area contributed by atoms with Crippen LogP contribution in [0, 0.1) is 17.8 Å². The maximum Gasteiger partial charge on any atom is -0.0409 e. The molecule has 0 aliphatic heterocycles. The van der Waals surface area contributed by atoms with Crippen LogP contribution in [0.2, 0.25) is 0 Å².